The minimum Gasteiger partial charge on any atom is -0.286 e. The minimum atomic E-state index is -3.17. The second-order valence-corrected chi connectivity index (χ2v) is 8.03. The second kappa shape index (κ2) is 5.55. The summed E-state index contributed by atoms with van der Waals surface area (Å²) in [4.78, 5) is 2.02. The summed E-state index contributed by atoms with van der Waals surface area (Å²) in [6.07, 6.45) is 0. The average Bonchev–Trinajstić information content (AvgIpc) is 2.25. The zero-order chi connectivity index (χ0) is 14.0. The van der Waals surface area contributed by atoms with Crippen molar-refractivity contribution in [1.29, 1.82) is 5.26 Å². The van der Waals surface area contributed by atoms with E-state index < -0.39 is 10.0 Å². The third-order valence-electron chi connectivity index (χ3n) is 3.02. The Hall–Kier alpha value is -0.640. The maximum atomic E-state index is 12.2. The SMILES string of the molecule is CC(C#N)N1CCN(S(=O)(=O)CC(C)(C)C)CC1. The summed E-state index contributed by atoms with van der Waals surface area (Å²) in [7, 11) is -3.17. The van der Waals surface area contributed by atoms with Crippen LogP contribution in [0.25, 0.3) is 0 Å². The monoisotopic (exact) mass is 273 g/mol. The molecule has 0 saturated carbocycles. The molecule has 1 unspecified atom stereocenters. The first-order valence-corrected chi connectivity index (χ1v) is 7.88. The molecule has 0 aromatic carbocycles. The Labute approximate surface area is 110 Å². The lowest BCUT2D eigenvalue weighted by molar-refractivity contribution is 0.169. The van der Waals surface area contributed by atoms with Crippen molar-refractivity contribution in [3.63, 3.8) is 0 Å². The molecule has 5 nitrogen and oxygen atoms in total. The van der Waals surface area contributed by atoms with Crippen molar-refractivity contribution in [2.75, 3.05) is 31.9 Å². The van der Waals surface area contributed by atoms with Gasteiger partial charge in [0.05, 0.1) is 17.9 Å². The Kier molecular flexibility index (Phi) is 4.76. The first-order chi connectivity index (χ1) is 8.15. The van der Waals surface area contributed by atoms with Gasteiger partial charge in [-0.25, -0.2) is 8.42 Å². The number of rotatable bonds is 3. The van der Waals surface area contributed by atoms with Gasteiger partial charge in [-0.2, -0.15) is 9.57 Å². The summed E-state index contributed by atoms with van der Waals surface area (Å²) >= 11 is 0. The number of hydrogen-bond acceptors (Lipinski definition) is 4. The van der Waals surface area contributed by atoms with Gasteiger partial charge in [-0.3, -0.25) is 4.90 Å². The molecular formula is C12H23N3O2S. The topological polar surface area (TPSA) is 64.4 Å². The molecule has 0 aromatic heterocycles. The van der Waals surface area contributed by atoms with Crippen LogP contribution in [-0.4, -0.2) is 55.6 Å². The number of piperazine rings is 1. The fourth-order valence-corrected chi connectivity index (χ4v) is 4.09. The van der Waals surface area contributed by atoms with Crippen LogP contribution in [0.2, 0.25) is 0 Å². The van der Waals surface area contributed by atoms with Crippen molar-refractivity contribution >= 4 is 10.0 Å². The van der Waals surface area contributed by atoms with Gasteiger partial charge in [-0.1, -0.05) is 20.8 Å². The van der Waals surface area contributed by atoms with Gasteiger partial charge < -0.3 is 0 Å². The van der Waals surface area contributed by atoms with Crippen molar-refractivity contribution < 1.29 is 8.42 Å². The number of nitrogens with zero attached hydrogens (tertiary/aromatic N) is 3. The highest BCUT2D eigenvalue weighted by atomic mass is 32.2. The van der Waals surface area contributed by atoms with E-state index in [1.165, 1.54) is 0 Å². The molecule has 0 bridgehead atoms. The lowest BCUT2D eigenvalue weighted by atomic mass is 10.0. The van der Waals surface area contributed by atoms with E-state index in [1.807, 2.05) is 32.6 Å². The quantitative estimate of drug-likeness (QED) is 0.766. The number of nitriles is 1. The average molecular weight is 273 g/mol. The van der Waals surface area contributed by atoms with E-state index in [-0.39, 0.29) is 17.2 Å². The molecule has 1 fully saturated rings. The smallest absolute Gasteiger partial charge is 0.214 e. The number of hydrogen-bond donors (Lipinski definition) is 0. The Balaban J connectivity index is 2.61. The molecule has 1 aliphatic heterocycles. The molecule has 0 aromatic rings. The third-order valence-corrected chi connectivity index (χ3v) is 5.40. The van der Waals surface area contributed by atoms with Crippen molar-refractivity contribution in [3.05, 3.63) is 0 Å². The molecule has 0 amide bonds. The molecule has 104 valence electrons. The summed E-state index contributed by atoms with van der Waals surface area (Å²) in [5.74, 6) is 0.174. The molecule has 18 heavy (non-hydrogen) atoms. The zero-order valence-electron chi connectivity index (χ0n) is 11.7. The van der Waals surface area contributed by atoms with Crippen molar-refractivity contribution in [2.24, 2.45) is 5.41 Å². The highest BCUT2D eigenvalue weighted by Gasteiger charge is 2.31. The molecule has 1 saturated heterocycles. The predicted octanol–water partition coefficient (Wildman–Crippen LogP) is 0.892. The lowest BCUT2D eigenvalue weighted by Crippen LogP contribution is -2.52. The Morgan fingerprint density at radius 1 is 1.22 bits per heavy atom. The minimum absolute atomic E-state index is 0.141. The second-order valence-electron chi connectivity index (χ2n) is 6.06. The van der Waals surface area contributed by atoms with Gasteiger partial charge in [0, 0.05) is 26.2 Å². The standard InChI is InChI=1S/C12H23N3O2S/c1-11(9-13)14-5-7-15(8-6-14)18(16,17)10-12(2,3)4/h11H,5-8,10H2,1-4H3. The first kappa shape index (κ1) is 15.4. The summed E-state index contributed by atoms with van der Waals surface area (Å²) in [6, 6.07) is 2.04. The highest BCUT2D eigenvalue weighted by Crippen LogP contribution is 2.20. The van der Waals surface area contributed by atoms with Crippen LogP contribution in [0, 0.1) is 16.7 Å². The van der Waals surface area contributed by atoms with E-state index in [2.05, 4.69) is 6.07 Å². The molecule has 0 radical (unpaired) electrons. The Morgan fingerprint density at radius 3 is 2.11 bits per heavy atom. The lowest BCUT2D eigenvalue weighted by Gasteiger charge is -2.36. The zero-order valence-corrected chi connectivity index (χ0v) is 12.5. The van der Waals surface area contributed by atoms with Gasteiger partial charge in [-0.15, -0.1) is 0 Å². The molecule has 0 spiro atoms. The first-order valence-electron chi connectivity index (χ1n) is 6.27. The molecule has 1 atom stereocenters. The molecule has 0 aliphatic carbocycles. The van der Waals surface area contributed by atoms with Crippen LogP contribution in [0.5, 0.6) is 0 Å². The van der Waals surface area contributed by atoms with Gasteiger partial charge >= 0.3 is 0 Å². The maximum Gasteiger partial charge on any atom is 0.214 e. The Bertz CT molecular complexity index is 412. The van der Waals surface area contributed by atoms with Crippen molar-refractivity contribution in [2.45, 2.75) is 33.7 Å². The molecule has 1 aliphatic rings. The summed E-state index contributed by atoms with van der Waals surface area (Å²) in [6.45, 7) is 9.89. The molecular weight excluding hydrogens is 250 g/mol. The van der Waals surface area contributed by atoms with E-state index >= 15 is 0 Å². The highest BCUT2D eigenvalue weighted by molar-refractivity contribution is 7.89. The van der Waals surface area contributed by atoms with Gasteiger partial charge in [0.1, 0.15) is 0 Å². The van der Waals surface area contributed by atoms with Crippen molar-refractivity contribution in [3.8, 4) is 6.07 Å². The predicted molar refractivity (Wildman–Crippen MR) is 71.5 cm³/mol. The van der Waals surface area contributed by atoms with E-state index in [9.17, 15) is 8.42 Å². The van der Waals surface area contributed by atoms with Gasteiger partial charge in [0.15, 0.2) is 0 Å². The van der Waals surface area contributed by atoms with E-state index in [0.717, 1.165) is 0 Å². The van der Waals surface area contributed by atoms with E-state index in [0.29, 0.717) is 26.2 Å². The molecule has 6 heteroatoms. The maximum absolute atomic E-state index is 12.2. The van der Waals surface area contributed by atoms with Crippen molar-refractivity contribution in [1.82, 2.24) is 9.21 Å². The van der Waals surface area contributed by atoms with Crippen LogP contribution >= 0.6 is 0 Å². The fraction of sp³-hybridized carbons (Fsp3) is 0.917. The van der Waals surface area contributed by atoms with Gasteiger partial charge in [0.25, 0.3) is 0 Å². The van der Waals surface area contributed by atoms with Crippen LogP contribution in [0.1, 0.15) is 27.7 Å². The number of sulfonamides is 1. The third kappa shape index (κ3) is 4.23. The van der Waals surface area contributed by atoms with E-state index in [1.54, 1.807) is 4.31 Å². The van der Waals surface area contributed by atoms with E-state index in [4.69, 9.17) is 5.26 Å². The molecule has 1 heterocycles. The fourth-order valence-electron chi connectivity index (χ4n) is 2.09. The Morgan fingerprint density at radius 2 is 1.72 bits per heavy atom. The van der Waals surface area contributed by atoms with Crippen LogP contribution in [0.3, 0.4) is 0 Å². The van der Waals surface area contributed by atoms with Crippen LogP contribution in [0.4, 0.5) is 0 Å². The van der Waals surface area contributed by atoms with Crippen LogP contribution < -0.4 is 0 Å². The summed E-state index contributed by atoms with van der Waals surface area (Å²) < 4.78 is 25.9. The van der Waals surface area contributed by atoms with Crippen LogP contribution in [-0.2, 0) is 10.0 Å². The van der Waals surface area contributed by atoms with Gasteiger partial charge in [0.2, 0.25) is 10.0 Å². The van der Waals surface area contributed by atoms with Crippen LogP contribution in [0.15, 0.2) is 0 Å². The normalized spacial score (nSPS) is 21.5. The summed E-state index contributed by atoms with van der Waals surface area (Å²) in [5, 5.41) is 8.84. The summed E-state index contributed by atoms with van der Waals surface area (Å²) in [5.41, 5.74) is -0.226. The largest absolute Gasteiger partial charge is 0.286 e. The molecule has 1 rings (SSSR count). The molecule has 0 N–H and O–H groups in total. The van der Waals surface area contributed by atoms with Gasteiger partial charge in [-0.05, 0) is 12.3 Å².